The number of nitrogens with one attached hydrogen (secondary N) is 1. The molecule has 1 aromatic carbocycles. The minimum absolute atomic E-state index is 0.0361. The minimum atomic E-state index is -3.12. The van der Waals surface area contributed by atoms with Crippen LogP contribution in [0.4, 0.5) is 4.79 Å². The fraction of sp³-hybridized carbons (Fsp3) is 0.611. The third-order valence-corrected chi connectivity index (χ3v) is 6.80. The Morgan fingerprint density at radius 2 is 1.88 bits per heavy atom. The standard InChI is InChI=1S/C18H27N3O3S/c1-13(2)19-18(22)21-9-8-20(10-15-7-5-4-6-14(15)3)16-11-25(23,24)12-17(16)21/h4-7,13,16-17H,8-12H2,1-3H3,(H,19,22)/t16-,17+/m1/s1. The Hall–Kier alpha value is -1.60. The number of carbonyl (C=O) groups excluding carboxylic acids is 1. The number of piperazine rings is 1. The van der Waals surface area contributed by atoms with Gasteiger partial charge >= 0.3 is 6.03 Å². The maximum Gasteiger partial charge on any atom is 0.317 e. The Balaban J connectivity index is 1.81. The maximum atomic E-state index is 12.5. The van der Waals surface area contributed by atoms with Crippen LogP contribution < -0.4 is 5.32 Å². The van der Waals surface area contributed by atoms with E-state index in [1.54, 1.807) is 4.90 Å². The summed E-state index contributed by atoms with van der Waals surface area (Å²) >= 11 is 0. The summed E-state index contributed by atoms with van der Waals surface area (Å²) in [4.78, 5) is 16.4. The van der Waals surface area contributed by atoms with Crippen LogP contribution in [0.1, 0.15) is 25.0 Å². The zero-order valence-electron chi connectivity index (χ0n) is 15.1. The number of sulfone groups is 1. The lowest BCUT2D eigenvalue weighted by molar-refractivity contribution is 0.0599. The number of aryl methyl sites for hydroxylation is 1. The molecule has 0 bridgehead atoms. The van der Waals surface area contributed by atoms with Crippen LogP contribution in [0.3, 0.4) is 0 Å². The summed E-state index contributed by atoms with van der Waals surface area (Å²) in [5.41, 5.74) is 2.42. The molecule has 2 aliphatic heterocycles. The molecule has 6 nitrogen and oxygen atoms in total. The van der Waals surface area contributed by atoms with Gasteiger partial charge in [0.15, 0.2) is 9.84 Å². The van der Waals surface area contributed by atoms with E-state index < -0.39 is 9.84 Å². The highest BCUT2D eigenvalue weighted by Crippen LogP contribution is 2.28. The van der Waals surface area contributed by atoms with E-state index in [0.717, 1.165) is 6.54 Å². The Kier molecular flexibility index (Phi) is 5.06. The Bertz CT molecular complexity index is 748. The third-order valence-electron chi connectivity index (χ3n) is 5.10. The van der Waals surface area contributed by atoms with E-state index in [-0.39, 0.29) is 35.7 Å². The first-order valence-electron chi connectivity index (χ1n) is 8.83. The van der Waals surface area contributed by atoms with Gasteiger partial charge in [0.05, 0.1) is 17.5 Å². The number of fused-ring (bicyclic) bond motifs is 1. The highest BCUT2D eigenvalue weighted by Gasteiger charge is 2.48. The minimum Gasteiger partial charge on any atom is -0.336 e. The molecule has 2 fully saturated rings. The molecular formula is C18H27N3O3S. The summed E-state index contributed by atoms with van der Waals surface area (Å²) in [7, 11) is -3.12. The second-order valence-corrected chi connectivity index (χ2v) is 9.56. The van der Waals surface area contributed by atoms with Crippen molar-refractivity contribution in [2.75, 3.05) is 24.6 Å². The molecule has 2 atom stereocenters. The summed E-state index contributed by atoms with van der Waals surface area (Å²) < 4.78 is 24.5. The van der Waals surface area contributed by atoms with Crippen LogP contribution >= 0.6 is 0 Å². The molecule has 2 aliphatic rings. The van der Waals surface area contributed by atoms with Crippen molar-refractivity contribution in [1.29, 1.82) is 0 Å². The summed E-state index contributed by atoms with van der Waals surface area (Å²) in [6.07, 6.45) is 0. The summed E-state index contributed by atoms with van der Waals surface area (Å²) in [6, 6.07) is 7.67. The number of amides is 2. The molecule has 2 heterocycles. The second kappa shape index (κ2) is 6.96. The lowest BCUT2D eigenvalue weighted by Gasteiger charge is -2.44. The maximum absolute atomic E-state index is 12.5. The summed E-state index contributed by atoms with van der Waals surface area (Å²) in [6.45, 7) is 7.87. The predicted octanol–water partition coefficient (Wildman–Crippen LogP) is 1.40. The van der Waals surface area contributed by atoms with E-state index >= 15 is 0 Å². The lowest BCUT2D eigenvalue weighted by atomic mass is 10.0. The molecule has 0 spiro atoms. The molecule has 0 radical (unpaired) electrons. The van der Waals surface area contributed by atoms with Crippen LogP contribution in [0.5, 0.6) is 0 Å². The van der Waals surface area contributed by atoms with E-state index in [4.69, 9.17) is 0 Å². The van der Waals surface area contributed by atoms with Crippen LogP contribution in [0, 0.1) is 6.92 Å². The largest absolute Gasteiger partial charge is 0.336 e. The topological polar surface area (TPSA) is 69.7 Å². The van der Waals surface area contributed by atoms with Crippen LogP contribution in [0.15, 0.2) is 24.3 Å². The van der Waals surface area contributed by atoms with Crippen molar-refractivity contribution in [3.63, 3.8) is 0 Å². The number of benzene rings is 1. The molecule has 25 heavy (non-hydrogen) atoms. The van der Waals surface area contributed by atoms with Crippen molar-refractivity contribution in [2.24, 2.45) is 0 Å². The van der Waals surface area contributed by atoms with Crippen molar-refractivity contribution in [1.82, 2.24) is 15.1 Å². The number of hydrogen-bond donors (Lipinski definition) is 1. The molecule has 1 aromatic rings. The Labute approximate surface area is 150 Å². The third kappa shape index (κ3) is 3.98. The quantitative estimate of drug-likeness (QED) is 0.879. The average Bonchev–Trinajstić information content (AvgIpc) is 2.84. The van der Waals surface area contributed by atoms with Gasteiger partial charge in [-0.1, -0.05) is 24.3 Å². The van der Waals surface area contributed by atoms with Crippen molar-refractivity contribution in [2.45, 2.75) is 45.4 Å². The van der Waals surface area contributed by atoms with Gasteiger partial charge in [0.2, 0.25) is 0 Å². The molecule has 1 N–H and O–H groups in total. The zero-order valence-corrected chi connectivity index (χ0v) is 15.9. The van der Waals surface area contributed by atoms with Gasteiger partial charge in [-0.15, -0.1) is 0 Å². The van der Waals surface area contributed by atoms with E-state index in [9.17, 15) is 13.2 Å². The molecule has 0 saturated carbocycles. The lowest BCUT2D eigenvalue weighted by Crippen LogP contribution is -2.62. The first kappa shape index (κ1) is 18.2. The van der Waals surface area contributed by atoms with Gasteiger partial charge in [-0.3, -0.25) is 4.90 Å². The Morgan fingerprint density at radius 3 is 2.56 bits per heavy atom. The molecule has 7 heteroatoms. The molecule has 0 aliphatic carbocycles. The molecule has 138 valence electrons. The smallest absolute Gasteiger partial charge is 0.317 e. The Morgan fingerprint density at radius 1 is 1.20 bits per heavy atom. The highest BCUT2D eigenvalue weighted by atomic mass is 32.2. The number of urea groups is 1. The number of rotatable bonds is 3. The second-order valence-electron chi connectivity index (χ2n) is 7.41. The van der Waals surface area contributed by atoms with E-state index in [1.165, 1.54) is 11.1 Å². The zero-order chi connectivity index (χ0) is 18.2. The normalized spacial score (nSPS) is 25.8. The fourth-order valence-corrected chi connectivity index (χ4v) is 5.82. The molecule has 0 aromatic heterocycles. The number of hydrogen-bond acceptors (Lipinski definition) is 4. The van der Waals surface area contributed by atoms with E-state index in [1.807, 2.05) is 26.0 Å². The highest BCUT2D eigenvalue weighted by molar-refractivity contribution is 7.91. The summed E-state index contributed by atoms with van der Waals surface area (Å²) in [5.74, 6) is 0.197. The van der Waals surface area contributed by atoms with Crippen LogP contribution in [0.25, 0.3) is 0 Å². The predicted molar refractivity (Wildman–Crippen MR) is 98.2 cm³/mol. The SMILES string of the molecule is Cc1ccccc1CN1CCN(C(=O)NC(C)C)[C@H]2CS(=O)(=O)C[C@H]21. The van der Waals surface area contributed by atoms with Gasteiger partial charge in [0, 0.05) is 31.7 Å². The molecular weight excluding hydrogens is 338 g/mol. The van der Waals surface area contributed by atoms with Crippen molar-refractivity contribution in [3.05, 3.63) is 35.4 Å². The van der Waals surface area contributed by atoms with Crippen molar-refractivity contribution in [3.8, 4) is 0 Å². The van der Waals surface area contributed by atoms with E-state index in [0.29, 0.717) is 13.1 Å². The first-order chi connectivity index (χ1) is 11.8. The van der Waals surface area contributed by atoms with Gasteiger partial charge in [-0.25, -0.2) is 13.2 Å². The number of nitrogens with zero attached hydrogens (tertiary/aromatic N) is 2. The molecule has 2 saturated heterocycles. The van der Waals surface area contributed by atoms with Gasteiger partial charge in [-0.2, -0.15) is 0 Å². The van der Waals surface area contributed by atoms with Gasteiger partial charge < -0.3 is 10.2 Å². The summed E-state index contributed by atoms with van der Waals surface area (Å²) in [5, 5.41) is 2.90. The van der Waals surface area contributed by atoms with Crippen LogP contribution in [-0.4, -0.2) is 67.0 Å². The monoisotopic (exact) mass is 365 g/mol. The van der Waals surface area contributed by atoms with Crippen LogP contribution in [-0.2, 0) is 16.4 Å². The number of carbonyl (C=O) groups is 1. The van der Waals surface area contributed by atoms with Crippen molar-refractivity contribution < 1.29 is 13.2 Å². The van der Waals surface area contributed by atoms with Gasteiger partial charge in [0.1, 0.15) is 0 Å². The fourth-order valence-electron chi connectivity index (χ4n) is 3.81. The van der Waals surface area contributed by atoms with E-state index in [2.05, 4.69) is 29.3 Å². The molecule has 3 rings (SSSR count). The molecule has 0 unspecified atom stereocenters. The first-order valence-corrected chi connectivity index (χ1v) is 10.6. The van der Waals surface area contributed by atoms with Crippen molar-refractivity contribution >= 4 is 15.9 Å². The van der Waals surface area contributed by atoms with Gasteiger partial charge in [0.25, 0.3) is 0 Å². The van der Waals surface area contributed by atoms with Gasteiger partial charge in [-0.05, 0) is 31.9 Å². The average molecular weight is 365 g/mol. The van der Waals surface area contributed by atoms with Crippen LogP contribution in [0.2, 0.25) is 0 Å². The molecule has 2 amide bonds.